The molecule has 7 heteroatoms. The molecule has 21 heavy (non-hydrogen) atoms. The highest BCUT2D eigenvalue weighted by Crippen LogP contribution is 2.45. The van der Waals surface area contributed by atoms with E-state index in [1.54, 1.807) is 12.3 Å². The molecule has 1 aliphatic heterocycles. The highest BCUT2D eigenvalue weighted by Gasteiger charge is 2.49. The molecule has 3 heterocycles. The fourth-order valence-electron chi connectivity index (χ4n) is 3.07. The maximum atomic E-state index is 11.3. The van der Waals surface area contributed by atoms with Crippen LogP contribution in [0.25, 0.3) is 11.0 Å². The summed E-state index contributed by atoms with van der Waals surface area (Å²) in [6.45, 7) is 2.52. The van der Waals surface area contributed by atoms with Crippen LogP contribution in [0.15, 0.2) is 23.1 Å². The zero-order valence-corrected chi connectivity index (χ0v) is 12.2. The summed E-state index contributed by atoms with van der Waals surface area (Å²) in [6, 6.07) is 3.19. The van der Waals surface area contributed by atoms with Crippen LogP contribution in [-0.2, 0) is 0 Å². The maximum Gasteiger partial charge on any atom is 0.249 e. The van der Waals surface area contributed by atoms with Gasteiger partial charge >= 0.3 is 0 Å². The number of hydrogen-bond acceptors (Lipinski definition) is 4. The Morgan fingerprint density at radius 2 is 2.14 bits per heavy atom. The first-order valence-corrected chi connectivity index (χ1v) is 7.42. The molecule has 0 aromatic carbocycles. The molecule has 1 aliphatic carbocycles. The molecule has 106 valence electrons. The van der Waals surface area contributed by atoms with Crippen molar-refractivity contribution in [1.82, 2.24) is 14.8 Å². The number of aromatic amines is 1. The molecule has 5 nitrogen and oxygen atoms in total. The van der Waals surface area contributed by atoms with E-state index in [1.165, 1.54) is 6.07 Å². The van der Waals surface area contributed by atoms with Gasteiger partial charge in [-0.2, -0.15) is 0 Å². The van der Waals surface area contributed by atoms with Gasteiger partial charge in [0.05, 0.1) is 16.9 Å². The third-order valence-corrected chi connectivity index (χ3v) is 4.95. The molecular weight excluding hydrogens is 286 g/mol. The quantitative estimate of drug-likeness (QED) is 0.807. The second-order valence-electron chi connectivity index (χ2n) is 5.88. The van der Waals surface area contributed by atoms with Crippen molar-refractivity contribution in [2.24, 2.45) is 0 Å². The number of nitrogens with one attached hydrogen (secondary N) is 1. The average molecular weight is 301 g/mol. The van der Waals surface area contributed by atoms with Crippen molar-refractivity contribution in [3.8, 4) is 0 Å². The molecule has 2 aliphatic rings. The van der Waals surface area contributed by atoms with E-state index in [0.717, 1.165) is 43.5 Å². The van der Waals surface area contributed by atoms with E-state index < -0.39 is 0 Å². The Bertz CT molecular complexity index is 773. The van der Waals surface area contributed by atoms with Crippen LogP contribution >= 0.6 is 11.6 Å². The van der Waals surface area contributed by atoms with Crippen molar-refractivity contribution in [2.75, 3.05) is 24.5 Å². The lowest BCUT2D eigenvalue weighted by Crippen LogP contribution is -2.54. The molecule has 0 bridgehead atoms. The first kappa shape index (κ1) is 13.2. The molecule has 2 aromatic rings. The fourth-order valence-corrected chi connectivity index (χ4v) is 3.39. The van der Waals surface area contributed by atoms with E-state index in [9.17, 15) is 4.79 Å². The fraction of sp³-hybridized carbons (Fsp3) is 0.429. The minimum Gasteiger partial charge on any atom is -0.366 e. The van der Waals surface area contributed by atoms with Gasteiger partial charge in [0.2, 0.25) is 5.56 Å². The van der Waals surface area contributed by atoms with Crippen molar-refractivity contribution in [2.45, 2.75) is 18.4 Å². The molecular formula is C14H14BClN4O. The molecule has 2 radical (unpaired) electrons. The van der Waals surface area contributed by atoms with Crippen molar-refractivity contribution in [3.05, 3.63) is 33.7 Å². The topological polar surface area (TPSA) is 52.2 Å². The van der Waals surface area contributed by atoms with E-state index in [2.05, 4.69) is 14.9 Å². The Kier molecular flexibility index (Phi) is 2.81. The molecule has 2 fully saturated rings. The van der Waals surface area contributed by atoms with Gasteiger partial charge in [-0.05, 0) is 18.9 Å². The number of hydrogen-bond donors (Lipinski definition) is 1. The standard InChI is InChI=1S/C14H14BClN4O/c15-20-6-5-19(8-14(20)3-4-14)10-7-17-13-9(12(10)16)1-2-11(21)18-13/h1-2,7H,3-6,8H2,(H,17,18,21). The van der Waals surface area contributed by atoms with Crippen LogP contribution in [0.4, 0.5) is 5.69 Å². The van der Waals surface area contributed by atoms with E-state index in [0.29, 0.717) is 10.7 Å². The zero-order valence-electron chi connectivity index (χ0n) is 11.5. The molecule has 0 unspecified atom stereocenters. The molecule has 1 spiro atoms. The Morgan fingerprint density at radius 3 is 2.90 bits per heavy atom. The predicted octanol–water partition coefficient (Wildman–Crippen LogP) is 1.31. The van der Waals surface area contributed by atoms with Gasteiger partial charge in [-0.3, -0.25) is 4.79 Å². The first-order chi connectivity index (χ1) is 10.1. The number of pyridine rings is 2. The van der Waals surface area contributed by atoms with E-state index in [-0.39, 0.29) is 11.1 Å². The molecule has 4 rings (SSSR count). The van der Waals surface area contributed by atoms with Crippen molar-refractivity contribution >= 4 is 36.3 Å². The number of halogens is 1. The summed E-state index contributed by atoms with van der Waals surface area (Å²) in [5, 5.41) is 1.41. The second-order valence-corrected chi connectivity index (χ2v) is 6.26. The number of aromatic nitrogens is 2. The summed E-state index contributed by atoms with van der Waals surface area (Å²) in [6.07, 6.45) is 4.00. The third-order valence-electron chi connectivity index (χ3n) is 4.55. The van der Waals surface area contributed by atoms with Crippen LogP contribution in [0.1, 0.15) is 12.8 Å². The summed E-state index contributed by atoms with van der Waals surface area (Å²) in [5.74, 6) is 0. The number of fused-ring (bicyclic) bond motifs is 1. The highest BCUT2D eigenvalue weighted by molar-refractivity contribution is 6.37. The van der Waals surface area contributed by atoms with Gasteiger partial charge in [-0.15, -0.1) is 0 Å². The second kappa shape index (κ2) is 4.48. The van der Waals surface area contributed by atoms with Crippen LogP contribution in [0.3, 0.4) is 0 Å². The Morgan fingerprint density at radius 1 is 1.33 bits per heavy atom. The lowest BCUT2D eigenvalue weighted by molar-refractivity contribution is 0.283. The third kappa shape index (κ3) is 2.05. The number of H-pyrrole nitrogens is 1. The average Bonchev–Trinajstić information content (AvgIpc) is 3.23. The van der Waals surface area contributed by atoms with Gasteiger partial charge in [-0.1, -0.05) is 11.6 Å². The normalized spacial score (nSPS) is 21.1. The van der Waals surface area contributed by atoms with Gasteiger partial charge in [0.1, 0.15) is 5.65 Å². The summed E-state index contributed by atoms with van der Waals surface area (Å²) >= 11 is 6.53. The molecule has 0 atom stereocenters. The summed E-state index contributed by atoms with van der Waals surface area (Å²) in [7, 11) is 6.08. The van der Waals surface area contributed by atoms with Gasteiger partial charge in [-0.25, -0.2) is 4.98 Å². The predicted molar refractivity (Wildman–Crippen MR) is 84.0 cm³/mol. The first-order valence-electron chi connectivity index (χ1n) is 7.04. The maximum absolute atomic E-state index is 11.3. The van der Waals surface area contributed by atoms with Crippen LogP contribution in [0.5, 0.6) is 0 Å². The Labute approximate surface area is 128 Å². The number of anilines is 1. The molecule has 0 amide bonds. The monoisotopic (exact) mass is 300 g/mol. The summed E-state index contributed by atoms with van der Waals surface area (Å²) in [5.41, 5.74) is 1.37. The van der Waals surface area contributed by atoms with Crippen LogP contribution < -0.4 is 10.5 Å². The molecule has 1 N–H and O–H groups in total. The Hall–Kier alpha value is -1.53. The van der Waals surface area contributed by atoms with Crippen molar-refractivity contribution in [1.29, 1.82) is 0 Å². The summed E-state index contributed by atoms with van der Waals surface area (Å²) in [4.78, 5) is 22.6. The Balaban J connectivity index is 1.75. The minimum atomic E-state index is -0.174. The number of nitrogens with zero attached hydrogens (tertiary/aromatic N) is 3. The zero-order chi connectivity index (χ0) is 14.6. The van der Waals surface area contributed by atoms with E-state index in [1.807, 2.05) is 4.81 Å². The molecule has 1 saturated carbocycles. The highest BCUT2D eigenvalue weighted by atomic mass is 35.5. The van der Waals surface area contributed by atoms with Crippen LogP contribution in [0, 0.1) is 0 Å². The SMILES string of the molecule is [B]N1CCN(c2cnc3[nH]c(=O)ccc3c2Cl)CC12CC2. The molecule has 1 saturated heterocycles. The smallest absolute Gasteiger partial charge is 0.249 e. The van der Waals surface area contributed by atoms with Crippen molar-refractivity contribution < 1.29 is 0 Å². The number of piperazine rings is 1. The van der Waals surface area contributed by atoms with Gasteiger partial charge in [0.15, 0.2) is 7.98 Å². The van der Waals surface area contributed by atoms with Crippen LogP contribution in [-0.4, -0.2) is 47.9 Å². The van der Waals surface area contributed by atoms with Crippen molar-refractivity contribution in [3.63, 3.8) is 0 Å². The summed E-state index contributed by atoms with van der Waals surface area (Å²) < 4.78 is 0. The van der Waals surface area contributed by atoms with Gasteiger partial charge < -0.3 is 14.7 Å². The van der Waals surface area contributed by atoms with Crippen LogP contribution in [0.2, 0.25) is 5.02 Å². The van der Waals surface area contributed by atoms with Gasteiger partial charge in [0, 0.05) is 36.6 Å². The van der Waals surface area contributed by atoms with E-state index in [4.69, 9.17) is 19.6 Å². The lowest BCUT2D eigenvalue weighted by atomic mass is 10.0. The van der Waals surface area contributed by atoms with E-state index >= 15 is 0 Å². The minimum absolute atomic E-state index is 0.113. The lowest BCUT2D eigenvalue weighted by Gasteiger charge is -2.42. The number of rotatable bonds is 1. The largest absolute Gasteiger partial charge is 0.366 e. The van der Waals surface area contributed by atoms with Gasteiger partial charge in [0.25, 0.3) is 0 Å². The molecule has 2 aromatic heterocycles.